The molecule has 0 fully saturated rings. The molecule has 0 spiro atoms. The molecule has 0 aliphatic rings. The molecular formula is C6H14N4O3. The molecule has 0 amide bonds. The predicted octanol–water partition coefficient (Wildman–Crippen LogP) is -0.321. The van der Waals surface area contributed by atoms with Gasteiger partial charge in [0.1, 0.15) is 6.73 Å². The summed E-state index contributed by atoms with van der Waals surface area (Å²) >= 11 is 0. The molecule has 0 atom stereocenters. The summed E-state index contributed by atoms with van der Waals surface area (Å²) < 4.78 is 5.06. The third kappa shape index (κ3) is 6.00. The van der Waals surface area contributed by atoms with E-state index in [4.69, 9.17) is 4.74 Å². The molecule has 0 bridgehead atoms. The summed E-state index contributed by atoms with van der Waals surface area (Å²) in [6, 6.07) is 0. The molecule has 0 aliphatic heterocycles. The second-order valence-corrected chi connectivity index (χ2v) is 2.41. The van der Waals surface area contributed by atoms with Gasteiger partial charge in [0.2, 0.25) is 0 Å². The van der Waals surface area contributed by atoms with Crippen molar-refractivity contribution in [1.82, 2.24) is 10.2 Å². The standard InChI is InChI=1S/C6H14N4O3/c1-6(8-10(11)12)9(3)5-13-4-7-2/h7H,4-5H2,1-3H3/b8-6-. The van der Waals surface area contributed by atoms with E-state index in [9.17, 15) is 10.1 Å². The first kappa shape index (κ1) is 11.8. The summed E-state index contributed by atoms with van der Waals surface area (Å²) in [5.74, 6) is 0.307. The summed E-state index contributed by atoms with van der Waals surface area (Å²) in [7, 11) is 3.41. The minimum Gasteiger partial charge on any atom is -0.346 e. The van der Waals surface area contributed by atoms with Crippen LogP contribution in [0.4, 0.5) is 0 Å². The first-order valence-electron chi connectivity index (χ1n) is 3.71. The van der Waals surface area contributed by atoms with E-state index < -0.39 is 5.03 Å². The van der Waals surface area contributed by atoms with Crippen molar-refractivity contribution in [3.8, 4) is 0 Å². The fourth-order valence-corrected chi connectivity index (χ4v) is 0.573. The lowest BCUT2D eigenvalue weighted by atomic mass is 10.6. The zero-order chi connectivity index (χ0) is 10.3. The molecule has 0 heterocycles. The van der Waals surface area contributed by atoms with Crippen molar-refractivity contribution in [3.05, 3.63) is 10.1 Å². The first-order valence-corrected chi connectivity index (χ1v) is 3.71. The topological polar surface area (TPSA) is 80.0 Å². The highest BCUT2D eigenvalue weighted by Gasteiger charge is 2.04. The van der Waals surface area contributed by atoms with E-state index in [2.05, 4.69) is 10.4 Å². The van der Waals surface area contributed by atoms with Crippen LogP contribution < -0.4 is 5.32 Å². The maximum atomic E-state index is 9.98. The Balaban J connectivity index is 3.82. The van der Waals surface area contributed by atoms with E-state index in [0.717, 1.165) is 0 Å². The van der Waals surface area contributed by atoms with Gasteiger partial charge in [-0.1, -0.05) is 0 Å². The average molecular weight is 190 g/mol. The van der Waals surface area contributed by atoms with Crippen LogP contribution in [0.1, 0.15) is 6.92 Å². The second-order valence-electron chi connectivity index (χ2n) is 2.41. The molecule has 7 heteroatoms. The molecule has 0 aromatic heterocycles. The van der Waals surface area contributed by atoms with Crippen LogP contribution in [0.25, 0.3) is 0 Å². The lowest BCUT2D eigenvalue weighted by molar-refractivity contribution is -0.485. The van der Waals surface area contributed by atoms with Crippen molar-refractivity contribution < 1.29 is 9.77 Å². The maximum absolute atomic E-state index is 9.98. The molecule has 1 N–H and O–H groups in total. The Labute approximate surface area is 76.5 Å². The van der Waals surface area contributed by atoms with Crippen LogP contribution in [0.3, 0.4) is 0 Å². The second kappa shape index (κ2) is 6.32. The summed E-state index contributed by atoms with van der Waals surface area (Å²) in [5.41, 5.74) is 0. The highest BCUT2D eigenvalue weighted by Crippen LogP contribution is 1.88. The molecule has 0 saturated heterocycles. The lowest BCUT2D eigenvalue weighted by Crippen LogP contribution is -2.29. The Hall–Kier alpha value is -1.21. The van der Waals surface area contributed by atoms with Gasteiger partial charge in [0.25, 0.3) is 0 Å². The zero-order valence-electron chi connectivity index (χ0n) is 7.98. The molecule has 76 valence electrons. The number of hydrogen-bond acceptors (Lipinski definition) is 4. The van der Waals surface area contributed by atoms with E-state index >= 15 is 0 Å². The molecule has 0 radical (unpaired) electrons. The smallest absolute Gasteiger partial charge is 0.192 e. The lowest BCUT2D eigenvalue weighted by Gasteiger charge is -2.15. The number of ether oxygens (including phenoxy) is 1. The average Bonchev–Trinajstić information content (AvgIpc) is 2.03. The number of nitrogens with zero attached hydrogens (tertiary/aromatic N) is 3. The van der Waals surface area contributed by atoms with Gasteiger partial charge in [0.15, 0.2) is 10.9 Å². The van der Waals surface area contributed by atoms with Gasteiger partial charge in [-0.3, -0.25) is 5.32 Å². The highest BCUT2D eigenvalue weighted by molar-refractivity contribution is 5.78. The SMILES string of the molecule is CNCOCN(C)/C(C)=N\[N+](=O)[O-]. The zero-order valence-corrected chi connectivity index (χ0v) is 7.98. The number of hydrogen-bond donors (Lipinski definition) is 1. The number of nitro groups is 1. The van der Waals surface area contributed by atoms with E-state index in [0.29, 0.717) is 12.6 Å². The Bertz CT molecular complexity index is 194. The molecule has 0 rings (SSSR count). The van der Waals surface area contributed by atoms with Crippen molar-refractivity contribution in [3.63, 3.8) is 0 Å². The van der Waals surface area contributed by atoms with Gasteiger partial charge in [-0.2, -0.15) is 0 Å². The van der Waals surface area contributed by atoms with Crippen LogP contribution in [0.15, 0.2) is 5.10 Å². The Morgan fingerprint density at radius 3 is 2.85 bits per heavy atom. The largest absolute Gasteiger partial charge is 0.346 e. The normalized spacial score (nSPS) is 11.5. The van der Waals surface area contributed by atoms with Gasteiger partial charge in [-0.15, -0.1) is 0 Å². The molecule has 13 heavy (non-hydrogen) atoms. The molecule has 0 aromatic rings. The molecule has 0 aliphatic carbocycles. The summed E-state index contributed by atoms with van der Waals surface area (Å²) in [5, 5.41) is 15.2. The van der Waals surface area contributed by atoms with Crippen molar-refractivity contribution in [2.24, 2.45) is 5.10 Å². The van der Waals surface area contributed by atoms with Crippen LogP contribution in [0.5, 0.6) is 0 Å². The van der Waals surface area contributed by atoms with Gasteiger partial charge in [0, 0.05) is 14.0 Å². The molecule has 0 aromatic carbocycles. The van der Waals surface area contributed by atoms with Gasteiger partial charge >= 0.3 is 0 Å². The van der Waals surface area contributed by atoms with E-state index in [1.54, 1.807) is 25.9 Å². The molecule has 0 saturated carbocycles. The van der Waals surface area contributed by atoms with E-state index in [1.165, 1.54) is 0 Å². The van der Waals surface area contributed by atoms with Gasteiger partial charge in [-0.25, -0.2) is 10.1 Å². The fraction of sp³-hybridized carbons (Fsp3) is 0.833. The number of amidine groups is 1. The van der Waals surface area contributed by atoms with Crippen molar-refractivity contribution in [2.75, 3.05) is 27.6 Å². The van der Waals surface area contributed by atoms with E-state index in [-0.39, 0.29) is 6.73 Å². The van der Waals surface area contributed by atoms with Gasteiger partial charge in [-0.05, 0) is 7.05 Å². The number of rotatable bonds is 5. The monoisotopic (exact) mass is 190 g/mol. The van der Waals surface area contributed by atoms with Crippen molar-refractivity contribution in [1.29, 1.82) is 0 Å². The maximum Gasteiger partial charge on any atom is 0.192 e. The van der Waals surface area contributed by atoms with Crippen LogP contribution >= 0.6 is 0 Å². The van der Waals surface area contributed by atoms with Crippen molar-refractivity contribution >= 4 is 5.84 Å². The highest BCUT2D eigenvalue weighted by atomic mass is 16.7. The third-order valence-corrected chi connectivity index (χ3v) is 1.31. The summed E-state index contributed by atoms with van der Waals surface area (Å²) in [4.78, 5) is 11.5. The Morgan fingerprint density at radius 1 is 1.77 bits per heavy atom. The number of hydrazone groups is 1. The minimum absolute atomic E-state index is 0.268. The van der Waals surface area contributed by atoms with Crippen LogP contribution in [-0.4, -0.2) is 43.3 Å². The van der Waals surface area contributed by atoms with Crippen LogP contribution in [0, 0.1) is 10.1 Å². The molecule has 0 unspecified atom stereocenters. The Kier molecular flexibility index (Phi) is 5.73. The minimum atomic E-state index is -0.732. The van der Waals surface area contributed by atoms with Gasteiger partial charge < -0.3 is 9.64 Å². The first-order chi connectivity index (χ1) is 6.07. The van der Waals surface area contributed by atoms with Crippen molar-refractivity contribution in [2.45, 2.75) is 6.92 Å². The molecular weight excluding hydrogens is 176 g/mol. The number of nitrogens with one attached hydrogen (secondary N) is 1. The fourth-order valence-electron chi connectivity index (χ4n) is 0.573. The quantitative estimate of drug-likeness (QED) is 0.160. The van der Waals surface area contributed by atoms with Crippen LogP contribution in [0.2, 0.25) is 0 Å². The summed E-state index contributed by atoms with van der Waals surface area (Å²) in [6.07, 6.45) is 0. The van der Waals surface area contributed by atoms with E-state index in [1.807, 2.05) is 0 Å². The summed E-state index contributed by atoms with van der Waals surface area (Å²) in [6.45, 7) is 2.21. The third-order valence-electron chi connectivity index (χ3n) is 1.31. The molecule has 7 nitrogen and oxygen atoms in total. The Morgan fingerprint density at radius 2 is 2.38 bits per heavy atom. The van der Waals surface area contributed by atoms with Crippen LogP contribution in [-0.2, 0) is 4.74 Å². The predicted molar refractivity (Wildman–Crippen MR) is 47.7 cm³/mol. The van der Waals surface area contributed by atoms with Gasteiger partial charge in [0.05, 0.1) is 11.8 Å².